The third-order valence-electron chi connectivity index (χ3n) is 3.63. The van der Waals surface area contributed by atoms with Gasteiger partial charge in [-0.25, -0.2) is 0 Å². The number of rotatable bonds is 5. The van der Waals surface area contributed by atoms with Crippen molar-refractivity contribution in [3.63, 3.8) is 0 Å². The Morgan fingerprint density at radius 2 is 2.16 bits per heavy atom. The summed E-state index contributed by atoms with van der Waals surface area (Å²) in [6.45, 7) is 6.28. The largest absolute Gasteiger partial charge is 0.462 e. The molecule has 3 nitrogen and oxygen atoms in total. The molecule has 3 heteroatoms. The summed E-state index contributed by atoms with van der Waals surface area (Å²) in [5.41, 5.74) is 0.992. The number of allylic oxidation sites excluding steroid dienone is 1. The number of aliphatic hydroxyl groups excluding tert-OH is 1. The Morgan fingerprint density at radius 3 is 2.84 bits per heavy atom. The molecular weight excluding hydrogens is 240 g/mol. The predicted molar refractivity (Wildman–Crippen MR) is 76.8 cm³/mol. The maximum absolute atomic E-state index is 11.5. The van der Waals surface area contributed by atoms with E-state index in [0.717, 1.165) is 37.7 Å². The summed E-state index contributed by atoms with van der Waals surface area (Å²) in [6.07, 6.45) is 7.50. The average molecular weight is 268 g/mol. The van der Waals surface area contributed by atoms with Crippen molar-refractivity contribution in [3.05, 3.63) is 11.6 Å². The van der Waals surface area contributed by atoms with Crippen LogP contribution in [0.4, 0.5) is 0 Å². The molecule has 0 unspecified atom stereocenters. The van der Waals surface area contributed by atoms with Gasteiger partial charge in [0.25, 0.3) is 0 Å². The van der Waals surface area contributed by atoms with Gasteiger partial charge >= 0.3 is 5.97 Å². The van der Waals surface area contributed by atoms with Crippen molar-refractivity contribution in [1.82, 2.24) is 0 Å². The zero-order chi connectivity index (χ0) is 14.3. The van der Waals surface area contributed by atoms with Gasteiger partial charge in [-0.05, 0) is 44.1 Å². The smallest absolute Gasteiger partial charge is 0.306 e. The fourth-order valence-corrected chi connectivity index (χ4v) is 2.28. The molecule has 0 radical (unpaired) electrons. The van der Waals surface area contributed by atoms with Crippen molar-refractivity contribution in [2.24, 2.45) is 5.92 Å². The quantitative estimate of drug-likeness (QED) is 0.612. The molecule has 0 bridgehead atoms. The van der Waals surface area contributed by atoms with E-state index in [1.165, 1.54) is 0 Å². The Balaban J connectivity index is 2.46. The lowest BCUT2D eigenvalue weighted by Crippen LogP contribution is -2.25. The monoisotopic (exact) mass is 268 g/mol. The molecule has 19 heavy (non-hydrogen) atoms. The molecule has 1 saturated heterocycles. The molecule has 1 N–H and O–H groups in total. The summed E-state index contributed by atoms with van der Waals surface area (Å²) < 4.78 is 5.41. The van der Waals surface area contributed by atoms with Crippen LogP contribution in [0.25, 0.3) is 0 Å². The average Bonchev–Trinajstić information content (AvgIpc) is 2.32. The van der Waals surface area contributed by atoms with Crippen molar-refractivity contribution >= 4 is 5.97 Å². The molecule has 0 spiro atoms. The minimum atomic E-state index is -0.490. The number of aliphatic hydroxyl groups is 1. The van der Waals surface area contributed by atoms with Gasteiger partial charge in [0.1, 0.15) is 6.10 Å². The van der Waals surface area contributed by atoms with E-state index in [1.807, 2.05) is 6.92 Å². The fraction of sp³-hybridized carbons (Fsp3) is 0.812. The summed E-state index contributed by atoms with van der Waals surface area (Å²) >= 11 is 0. The normalized spacial score (nSPS) is 23.7. The molecule has 1 heterocycles. The standard InChI is InChI=1S/C16H28O3/c1-12(2)9-10-13(3)15(17)11-14-7-5-4-6-8-16(18)19-14/h10,12,14-15,17H,4-9,11H2,1-3H3/b13-10+/t14-,15+/m0/s1. The number of cyclic esters (lactones) is 1. The van der Waals surface area contributed by atoms with E-state index < -0.39 is 6.10 Å². The Morgan fingerprint density at radius 1 is 1.42 bits per heavy atom. The summed E-state index contributed by atoms with van der Waals surface area (Å²) in [5, 5.41) is 10.2. The Kier molecular flexibility index (Phi) is 7.14. The van der Waals surface area contributed by atoms with Crippen molar-refractivity contribution in [1.29, 1.82) is 0 Å². The van der Waals surface area contributed by atoms with Crippen LogP contribution in [0, 0.1) is 5.92 Å². The van der Waals surface area contributed by atoms with E-state index in [2.05, 4.69) is 19.9 Å². The van der Waals surface area contributed by atoms with Crippen LogP contribution < -0.4 is 0 Å². The van der Waals surface area contributed by atoms with Crippen LogP contribution in [0.15, 0.2) is 11.6 Å². The number of carbonyl (C=O) groups is 1. The number of ether oxygens (including phenoxy) is 1. The second-order valence-electron chi connectivity index (χ2n) is 6.04. The summed E-state index contributed by atoms with van der Waals surface area (Å²) in [6, 6.07) is 0. The predicted octanol–water partition coefficient (Wildman–Crippen LogP) is 3.61. The van der Waals surface area contributed by atoms with E-state index >= 15 is 0 Å². The maximum Gasteiger partial charge on any atom is 0.306 e. The molecule has 0 aromatic rings. The highest BCUT2D eigenvalue weighted by Crippen LogP contribution is 2.20. The van der Waals surface area contributed by atoms with Gasteiger partial charge in [-0.1, -0.05) is 26.3 Å². The van der Waals surface area contributed by atoms with Gasteiger partial charge in [-0.3, -0.25) is 4.79 Å². The van der Waals surface area contributed by atoms with Gasteiger partial charge in [-0.2, -0.15) is 0 Å². The van der Waals surface area contributed by atoms with Crippen LogP contribution >= 0.6 is 0 Å². The molecule has 0 aliphatic carbocycles. The number of hydrogen-bond donors (Lipinski definition) is 1. The van der Waals surface area contributed by atoms with Gasteiger partial charge in [0.15, 0.2) is 0 Å². The zero-order valence-corrected chi connectivity index (χ0v) is 12.5. The number of hydrogen-bond acceptors (Lipinski definition) is 3. The van der Waals surface area contributed by atoms with E-state index in [1.54, 1.807) is 0 Å². The van der Waals surface area contributed by atoms with E-state index in [4.69, 9.17) is 4.74 Å². The first-order valence-electron chi connectivity index (χ1n) is 7.53. The maximum atomic E-state index is 11.5. The van der Waals surface area contributed by atoms with Gasteiger partial charge < -0.3 is 9.84 Å². The minimum absolute atomic E-state index is 0.110. The van der Waals surface area contributed by atoms with Gasteiger partial charge in [-0.15, -0.1) is 0 Å². The van der Waals surface area contributed by atoms with Crippen molar-refractivity contribution < 1.29 is 14.6 Å². The Labute approximate surface area is 117 Å². The van der Waals surface area contributed by atoms with Crippen LogP contribution in [0.3, 0.4) is 0 Å². The van der Waals surface area contributed by atoms with Crippen molar-refractivity contribution in [2.75, 3.05) is 0 Å². The van der Waals surface area contributed by atoms with E-state index in [0.29, 0.717) is 18.8 Å². The minimum Gasteiger partial charge on any atom is -0.462 e. The van der Waals surface area contributed by atoms with Crippen LogP contribution in [0.2, 0.25) is 0 Å². The molecule has 1 aliphatic rings. The lowest BCUT2D eigenvalue weighted by molar-refractivity contribution is -0.151. The molecule has 2 atom stereocenters. The molecule has 0 amide bonds. The van der Waals surface area contributed by atoms with Crippen LogP contribution in [-0.2, 0) is 9.53 Å². The van der Waals surface area contributed by atoms with Crippen LogP contribution in [0.5, 0.6) is 0 Å². The first-order chi connectivity index (χ1) is 8.99. The first kappa shape index (κ1) is 16.2. The highest BCUT2D eigenvalue weighted by molar-refractivity contribution is 5.69. The molecule has 0 aromatic carbocycles. The third-order valence-corrected chi connectivity index (χ3v) is 3.63. The molecule has 110 valence electrons. The Hall–Kier alpha value is -0.830. The topological polar surface area (TPSA) is 46.5 Å². The molecule has 1 rings (SSSR count). The van der Waals surface area contributed by atoms with Gasteiger partial charge in [0, 0.05) is 12.8 Å². The van der Waals surface area contributed by atoms with Gasteiger partial charge in [0.2, 0.25) is 0 Å². The lowest BCUT2D eigenvalue weighted by atomic mass is 9.97. The van der Waals surface area contributed by atoms with E-state index in [9.17, 15) is 9.90 Å². The lowest BCUT2D eigenvalue weighted by Gasteiger charge is -2.23. The van der Waals surface area contributed by atoms with Crippen molar-refractivity contribution in [3.8, 4) is 0 Å². The van der Waals surface area contributed by atoms with Crippen molar-refractivity contribution in [2.45, 2.75) is 77.9 Å². The van der Waals surface area contributed by atoms with Crippen LogP contribution in [-0.4, -0.2) is 23.3 Å². The highest BCUT2D eigenvalue weighted by atomic mass is 16.5. The molecule has 0 aromatic heterocycles. The zero-order valence-electron chi connectivity index (χ0n) is 12.5. The highest BCUT2D eigenvalue weighted by Gasteiger charge is 2.21. The summed E-state index contributed by atoms with van der Waals surface area (Å²) in [4.78, 5) is 11.5. The third kappa shape index (κ3) is 6.76. The SMILES string of the molecule is C/C(=C\CC(C)C)[C@H](O)C[C@@H]1CCCCCC(=O)O1. The van der Waals surface area contributed by atoms with Gasteiger partial charge in [0.05, 0.1) is 6.10 Å². The molecule has 1 fully saturated rings. The number of carbonyl (C=O) groups excluding carboxylic acids is 1. The second kappa shape index (κ2) is 8.36. The summed E-state index contributed by atoms with van der Waals surface area (Å²) in [5.74, 6) is 0.488. The molecular formula is C16H28O3. The summed E-state index contributed by atoms with van der Waals surface area (Å²) in [7, 11) is 0. The molecule has 0 saturated carbocycles. The molecule has 1 aliphatic heterocycles. The fourth-order valence-electron chi connectivity index (χ4n) is 2.28. The first-order valence-corrected chi connectivity index (χ1v) is 7.53. The van der Waals surface area contributed by atoms with E-state index in [-0.39, 0.29) is 12.1 Å². The Bertz CT molecular complexity index is 307. The number of esters is 1. The van der Waals surface area contributed by atoms with Crippen LogP contribution in [0.1, 0.15) is 65.7 Å². The second-order valence-corrected chi connectivity index (χ2v) is 6.04.